The zero-order valence-corrected chi connectivity index (χ0v) is 8.44. The molecule has 1 rings (SSSR count). The highest BCUT2D eigenvalue weighted by molar-refractivity contribution is 5.75. The van der Waals surface area contributed by atoms with Gasteiger partial charge in [-0.25, -0.2) is 4.39 Å². The van der Waals surface area contributed by atoms with E-state index in [0.29, 0.717) is 0 Å². The first kappa shape index (κ1) is 11.5. The van der Waals surface area contributed by atoms with E-state index < -0.39 is 17.8 Å². The fraction of sp³-hybridized carbons (Fsp3) is 0.300. The van der Waals surface area contributed by atoms with Crippen molar-refractivity contribution >= 4 is 5.97 Å². The van der Waals surface area contributed by atoms with Crippen LogP contribution in [0.3, 0.4) is 0 Å². The monoisotopic (exact) mass is 213 g/mol. The van der Waals surface area contributed by atoms with E-state index in [1.165, 1.54) is 11.0 Å². The Morgan fingerprint density at radius 1 is 1.40 bits per heavy atom. The average Bonchev–Trinajstić information content (AvgIpc) is 1.99. The maximum atomic E-state index is 12.9. The third kappa shape index (κ3) is 2.66. The quantitative estimate of drug-likeness (QED) is 0.792. The van der Waals surface area contributed by atoms with Crippen LogP contribution in [0.4, 0.5) is 4.39 Å². The number of aromatic hydroxyl groups is 1. The number of carboxylic acids is 1. The van der Waals surface area contributed by atoms with Gasteiger partial charge in [-0.15, -0.1) is 0 Å². The van der Waals surface area contributed by atoms with Crippen molar-refractivity contribution in [2.45, 2.75) is 6.04 Å². The summed E-state index contributed by atoms with van der Waals surface area (Å²) in [6.45, 7) is 0. The Morgan fingerprint density at radius 2 is 2.00 bits per heavy atom. The van der Waals surface area contributed by atoms with E-state index in [1.807, 2.05) is 0 Å². The van der Waals surface area contributed by atoms with Gasteiger partial charge in [-0.3, -0.25) is 9.69 Å². The van der Waals surface area contributed by atoms with E-state index >= 15 is 0 Å². The Bertz CT molecular complexity index is 359. The molecule has 0 aromatic heterocycles. The molecule has 1 unspecified atom stereocenters. The third-order valence-corrected chi connectivity index (χ3v) is 1.97. The van der Waals surface area contributed by atoms with Crippen LogP contribution in [0.15, 0.2) is 18.2 Å². The van der Waals surface area contributed by atoms with Crippen molar-refractivity contribution in [2.75, 3.05) is 14.1 Å². The van der Waals surface area contributed by atoms with E-state index in [-0.39, 0.29) is 11.3 Å². The number of carbonyl (C=O) groups is 1. The van der Waals surface area contributed by atoms with Gasteiger partial charge >= 0.3 is 5.97 Å². The zero-order chi connectivity index (χ0) is 11.6. The van der Waals surface area contributed by atoms with Gasteiger partial charge in [0.2, 0.25) is 0 Å². The van der Waals surface area contributed by atoms with Crippen LogP contribution in [0, 0.1) is 5.82 Å². The lowest BCUT2D eigenvalue weighted by molar-refractivity contribution is -0.142. The Labute approximate surface area is 86.6 Å². The predicted octanol–water partition coefficient (Wildman–Crippen LogP) is 1.22. The summed E-state index contributed by atoms with van der Waals surface area (Å²) in [4.78, 5) is 12.3. The van der Waals surface area contributed by atoms with Crippen molar-refractivity contribution < 1.29 is 19.4 Å². The minimum Gasteiger partial charge on any atom is -0.508 e. The van der Waals surface area contributed by atoms with Crippen LogP contribution in [0.25, 0.3) is 0 Å². The first-order valence-corrected chi connectivity index (χ1v) is 4.30. The fourth-order valence-electron chi connectivity index (χ4n) is 1.42. The molecule has 0 heterocycles. The number of phenolic OH excluding ortho intramolecular Hbond substituents is 1. The molecule has 1 aromatic carbocycles. The standard InChI is InChI=1S/C10H12FNO3/c1-12(2)9(10(14)15)6-3-7(11)5-8(13)4-6/h3-5,9,13H,1-2H3,(H,14,15). The Hall–Kier alpha value is -1.62. The second-order valence-electron chi connectivity index (χ2n) is 3.45. The number of phenols is 1. The van der Waals surface area contributed by atoms with E-state index in [2.05, 4.69) is 0 Å². The summed E-state index contributed by atoms with van der Waals surface area (Å²) in [5.74, 6) is -2.03. The Balaban J connectivity index is 3.17. The summed E-state index contributed by atoms with van der Waals surface area (Å²) >= 11 is 0. The summed E-state index contributed by atoms with van der Waals surface area (Å²) in [5, 5.41) is 18.1. The second kappa shape index (κ2) is 4.27. The lowest BCUT2D eigenvalue weighted by atomic mass is 10.1. The van der Waals surface area contributed by atoms with Crippen LogP contribution < -0.4 is 0 Å². The number of rotatable bonds is 3. The highest BCUT2D eigenvalue weighted by Crippen LogP contribution is 2.23. The van der Waals surface area contributed by atoms with Gasteiger partial charge in [0.15, 0.2) is 0 Å². The van der Waals surface area contributed by atoms with E-state index in [1.54, 1.807) is 14.1 Å². The molecular weight excluding hydrogens is 201 g/mol. The van der Waals surface area contributed by atoms with Gasteiger partial charge in [-0.2, -0.15) is 0 Å². The SMILES string of the molecule is CN(C)C(C(=O)O)c1cc(O)cc(F)c1. The van der Waals surface area contributed by atoms with Crippen molar-refractivity contribution in [1.29, 1.82) is 0 Å². The summed E-state index contributed by atoms with van der Waals surface area (Å²) in [6, 6.07) is 2.30. The van der Waals surface area contributed by atoms with Gasteiger partial charge < -0.3 is 10.2 Å². The molecule has 0 radical (unpaired) electrons. The Kier molecular flexibility index (Phi) is 3.26. The van der Waals surface area contributed by atoms with E-state index in [0.717, 1.165) is 12.1 Å². The van der Waals surface area contributed by atoms with Crippen LogP contribution in [-0.4, -0.2) is 35.2 Å². The van der Waals surface area contributed by atoms with Crippen LogP contribution in [0.2, 0.25) is 0 Å². The van der Waals surface area contributed by atoms with Crippen molar-refractivity contribution in [3.63, 3.8) is 0 Å². The molecule has 0 aliphatic rings. The number of carboxylic acid groups (broad SMARTS) is 1. The summed E-state index contributed by atoms with van der Waals surface area (Å²) in [5.41, 5.74) is 0.213. The molecule has 0 bridgehead atoms. The van der Waals surface area contributed by atoms with Crippen LogP contribution in [0.1, 0.15) is 11.6 Å². The number of nitrogens with zero attached hydrogens (tertiary/aromatic N) is 1. The van der Waals surface area contributed by atoms with Gasteiger partial charge in [-0.05, 0) is 31.8 Å². The predicted molar refractivity (Wildman–Crippen MR) is 52.1 cm³/mol. The molecule has 4 nitrogen and oxygen atoms in total. The molecular formula is C10H12FNO3. The molecule has 0 saturated carbocycles. The maximum absolute atomic E-state index is 12.9. The minimum atomic E-state index is -1.09. The molecule has 82 valence electrons. The van der Waals surface area contributed by atoms with Gasteiger partial charge in [0.1, 0.15) is 17.6 Å². The second-order valence-corrected chi connectivity index (χ2v) is 3.45. The molecule has 15 heavy (non-hydrogen) atoms. The van der Waals surface area contributed by atoms with Crippen LogP contribution >= 0.6 is 0 Å². The van der Waals surface area contributed by atoms with Gasteiger partial charge in [0.05, 0.1) is 0 Å². The molecule has 0 saturated heterocycles. The maximum Gasteiger partial charge on any atom is 0.325 e. The third-order valence-electron chi connectivity index (χ3n) is 1.97. The van der Waals surface area contributed by atoms with Crippen LogP contribution in [0.5, 0.6) is 5.75 Å². The van der Waals surface area contributed by atoms with Gasteiger partial charge in [-0.1, -0.05) is 0 Å². The number of hydrogen-bond donors (Lipinski definition) is 2. The van der Waals surface area contributed by atoms with Crippen molar-refractivity contribution in [3.8, 4) is 5.75 Å². The topological polar surface area (TPSA) is 60.8 Å². The number of aliphatic carboxylic acids is 1. The molecule has 0 spiro atoms. The Morgan fingerprint density at radius 3 is 2.40 bits per heavy atom. The minimum absolute atomic E-state index is 0.213. The molecule has 0 amide bonds. The largest absolute Gasteiger partial charge is 0.508 e. The van der Waals surface area contributed by atoms with Crippen molar-refractivity contribution in [3.05, 3.63) is 29.6 Å². The number of likely N-dealkylation sites (N-methyl/N-ethyl adjacent to an activating group) is 1. The average molecular weight is 213 g/mol. The van der Waals surface area contributed by atoms with E-state index in [9.17, 15) is 9.18 Å². The smallest absolute Gasteiger partial charge is 0.325 e. The van der Waals surface area contributed by atoms with E-state index in [4.69, 9.17) is 10.2 Å². The lowest BCUT2D eigenvalue weighted by Gasteiger charge is -2.20. The summed E-state index contributed by atoms with van der Waals surface area (Å²) < 4.78 is 12.9. The zero-order valence-electron chi connectivity index (χ0n) is 8.44. The number of halogens is 1. The summed E-state index contributed by atoms with van der Waals surface area (Å²) in [7, 11) is 3.14. The normalized spacial score (nSPS) is 12.8. The molecule has 1 atom stereocenters. The van der Waals surface area contributed by atoms with Gasteiger partial charge in [0, 0.05) is 6.07 Å². The van der Waals surface area contributed by atoms with Crippen LogP contribution in [-0.2, 0) is 4.79 Å². The van der Waals surface area contributed by atoms with Crippen molar-refractivity contribution in [2.24, 2.45) is 0 Å². The molecule has 0 fully saturated rings. The molecule has 1 aromatic rings. The summed E-state index contributed by atoms with van der Waals surface area (Å²) in [6.07, 6.45) is 0. The fourth-order valence-corrected chi connectivity index (χ4v) is 1.42. The molecule has 5 heteroatoms. The van der Waals surface area contributed by atoms with Crippen molar-refractivity contribution in [1.82, 2.24) is 4.90 Å². The van der Waals surface area contributed by atoms with Gasteiger partial charge in [0.25, 0.3) is 0 Å². The number of benzene rings is 1. The highest BCUT2D eigenvalue weighted by atomic mass is 19.1. The highest BCUT2D eigenvalue weighted by Gasteiger charge is 2.23. The first-order valence-electron chi connectivity index (χ1n) is 4.30. The molecule has 0 aliphatic carbocycles. The number of hydrogen-bond acceptors (Lipinski definition) is 3. The molecule has 2 N–H and O–H groups in total. The molecule has 0 aliphatic heterocycles. The first-order chi connectivity index (χ1) is 6.91. The lowest BCUT2D eigenvalue weighted by Crippen LogP contribution is -2.27.